The fourth-order valence-corrected chi connectivity index (χ4v) is 3.02. The summed E-state index contributed by atoms with van der Waals surface area (Å²) in [5.41, 5.74) is 3.57. The largest absolute Gasteiger partial charge is 0.324 e. The second kappa shape index (κ2) is 6.72. The Hall–Kier alpha value is -2.51. The number of allylic oxidation sites excluding steroid dienone is 1. The van der Waals surface area contributed by atoms with Gasteiger partial charge in [-0.25, -0.2) is 4.98 Å². The Morgan fingerprint density at radius 2 is 1.96 bits per heavy atom. The molecule has 114 valence electrons. The first-order valence-electron chi connectivity index (χ1n) is 7.48. The van der Waals surface area contributed by atoms with Gasteiger partial charge < -0.3 is 4.57 Å². The summed E-state index contributed by atoms with van der Waals surface area (Å²) in [5.74, 6) is 0.727. The first kappa shape index (κ1) is 15.4. The van der Waals surface area contributed by atoms with Gasteiger partial charge in [-0.2, -0.15) is 5.26 Å². The lowest BCUT2D eigenvalue weighted by Gasteiger charge is -2.05. The lowest BCUT2D eigenvalue weighted by molar-refractivity contribution is 0.775. The van der Waals surface area contributed by atoms with Gasteiger partial charge in [-0.3, -0.25) is 0 Å². The van der Waals surface area contributed by atoms with Crippen LogP contribution in [0.25, 0.3) is 22.7 Å². The van der Waals surface area contributed by atoms with E-state index in [-0.39, 0.29) is 0 Å². The maximum Gasteiger partial charge on any atom is 0.151 e. The molecule has 3 aromatic rings. The molecule has 0 aliphatic heterocycles. The minimum atomic E-state index is 0.583. The first-order valence-corrected chi connectivity index (χ1v) is 8.70. The SMILES string of the molecule is CCn1c(/C(C#N)=C/c2ccc(SC)cc2)nc2ccccc21. The number of hydrogen-bond donors (Lipinski definition) is 0. The molecule has 0 fully saturated rings. The minimum absolute atomic E-state index is 0.583. The van der Waals surface area contributed by atoms with Crippen LogP contribution in [0.5, 0.6) is 0 Å². The summed E-state index contributed by atoms with van der Waals surface area (Å²) in [5, 5.41) is 9.61. The molecule has 2 aromatic carbocycles. The van der Waals surface area contributed by atoms with Crippen LogP contribution in [0.15, 0.2) is 53.4 Å². The highest BCUT2D eigenvalue weighted by molar-refractivity contribution is 7.98. The zero-order valence-electron chi connectivity index (χ0n) is 13.2. The van der Waals surface area contributed by atoms with Crippen molar-refractivity contribution in [2.45, 2.75) is 18.4 Å². The maximum atomic E-state index is 9.61. The van der Waals surface area contributed by atoms with Crippen molar-refractivity contribution in [3.05, 3.63) is 59.9 Å². The van der Waals surface area contributed by atoms with Crippen LogP contribution in [0, 0.1) is 11.3 Å². The van der Waals surface area contributed by atoms with Crippen molar-refractivity contribution in [2.24, 2.45) is 0 Å². The lowest BCUT2D eigenvalue weighted by atomic mass is 10.1. The number of imidazole rings is 1. The number of fused-ring (bicyclic) bond motifs is 1. The summed E-state index contributed by atoms with van der Waals surface area (Å²) in [6.45, 7) is 2.85. The Morgan fingerprint density at radius 1 is 1.22 bits per heavy atom. The zero-order chi connectivity index (χ0) is 16.2. The van der Waals surface area contributed by atoms with Gasteiger partial charge in [0, 0.05) is 11.4 Å². The zero-order valence-corrected chi connectivity index (χ0v) is 14.0. The van der Waals surface area contributed by atoms with E-state index in [0.717, 1.165) is 29.0 Å². The quantitative estimate of drug-likeness (QED) is 0.510. The lowest BCUT2D eigenvalue weighted by Crippen LogP contribution is -2.00. The second-order valence-corrected chi connectivity index (χ2v) is 5.99. The van der Waals surface area contributed by atoms with Gasteiger partial charge in [0.25, 0.3) is 0 Å². The second-order valence-electron chi connectivity index (χ2n) is 5.11. The highest BCUT2D eigenvalue weighted by Crippen LogP contribution is 2.24. The Morgan fingerprint density at radius 3 is 2.61 bits per heavy atom. The fourth-order valence-electron chi connectivity index (χ4n) is 2.61. The highest BCUT2D eigenvalue weighted by Gasteiger charge is 2.13. The van der Waals surface area contributed by atoms with Crippen molar-refractivity contribution < 1.29 is 0 Å². The third-order valence-electron chi connectivity index (χ3n) is 3.76. The average Bonchev–Trinajstić information content (AvgIpc) is 2.98. The van der Waals surface area contributed by atoms with Gasteiger partial charge in [-0.05, 0) is 49.1 Å². The van der Waals surface area contributed by atoms with Gasteiger partial charge >= 0.3 is 0 Å². The van der Waals surface area contributed by atoms with Gasteiger partial charge in [0.15, 0.2) is 5.82 Å². The van der Waals surface area contributed by atoms with E-state index in [2.05, 4.69) is 40.9 Å². The molecule has 0 amide bonds. The van der Waals surface area contributed by atoms with Crippen molar-refractivity contribution in [1.29, 1.82) is 5.26 Å². The molecule has 0 aliphatic rings. The van der Waals surface area contributed by atoms with E-state index in [1.165, 1.54) is 4.90 Å². The van der Waals surface area contributed by atoms with Crippen LogP contribution in [-0.2, 0) is 6.54 Å². The van der Waals surface area contributed by atoms with E-state index in [1.807, 2.05) is 42.5 Å². The van der Waals surface area contributed by atoms with Crippen LogP contribution < -0.4 is 0 Å². The van der Waals surface area contributed by atoms with Crippen molar-refractivity contribution in [1.82, 2.24) is 9.55 Å². The molecule has 0 bridgehead atoms. The monoisotopic (exact) mass is 319 g/mol. The molecule has 3 nitrogen and oxygen atoms in total. The molecule has 0 saturated heterocycles. The van der Waals surface area contributed by atoms with Crippen molar-refractivity contribution in [3.63, 3.8) is 0 Å². The predicted octanol–water partition coefficient (Wildman–Crippen LogP) is 4.84. The molecule has 3 rings (SSSR count). The van der Waals surface area contributed by atoms with E-state index in [0.29, 0.717) is 5.57 Å². The van der Waals surface area contributed by atoms with E-state index < -0.39 is 0 Å². The Balaban J connectivity index is 2.10. The number of hydrogen-bond acceptors (Lipinski definition) is 3. The molecule has 0 unspecified atom stereocenters. The average molecular weight is 319 g/mol. The van der Waals surface area contributed by atoms with Gasteiger partial charge in [0.2, 0.25) is 0 Å². The summed E-state index contributed by atoms with van der Waals surface area (Å²) in [7, 11) is 0. The molecule has 0 N–H and O–H groups in total. The topological polar surface area (TPSA) is 41.6 Å². The number of benzene rings is 2. The van der Waals surface area contributed by atoms with Crippen LogP contribution in [-0.4, -0.2) is 15.8 Å². The van der Waals surface area contributed by atoms with Crippen molar-refractivity contribution >= 4 is 34.4 Å². The number of rotatable bonds is 4. The van der Waals surface area contributed by atoms with Crippen LogP contribution in [0.1, 0.15) is 18.3 Å². The van der Waals surface area contributed by atoms with E-state index in [9.17, 15) is 5.26 Å². The summed E-state index contributed by atoms with van der Waals surface area (Å²) >= 11 is 1.71. The molecule has 23 heavy (non-hydrogen) atoms. The van der Waals surface area contributed by atoms with Crippen LogP contribution >= 0.6 is 11.8 Å². The normalized spacial score (nSPS) is 11.6. The molecule has 0 atom stereocenters. The van der Waals surface area contributed by atoms with Crippen LogP contribution in [0.2, 0.25) is 0 Å². The number of thioether (sulfide) groups is 1. The standard InChI is InChI=1S/C19H17N3S/c1-3-22-18-7-5-4-6-17(18)21-19(22)15(13-20)12-14-8-10-16(23-2)11-9-14/h4-12H,3H2,1-2H3/b15-12+. The smallest absolute Gasteiger partial charge is 0.151 e. The molecular formula is C19H17N3S. The molecule has 1 heterocycles. The van der Waals surface area contributed by atoms with Gasteiger partial charge in [-0.15, -0.1) is 11.8 Å². The fraction of sp³-hybridized carbons (Fsp3) is 0.158. The summed E-state index contributed by atoms with van der Waals surface area (Å²) < 4.78 is 2.08. The first-order chi connectivity index (χ1) is 11.3. The Labute approximate surface area is 140 Å². The molecule has 0 saturated carbocycles. The summed E-state index contributed by atoms with van der Waals surface area (Å²) in [6.07, 6.45) is 3.95. The summed E-state index contributed by atoms with van der Waals surface area (Å²) in [4.78, 5) is 5.86. The van der Waals surface area contributed by atoms with Crippen molar-refractivity contribution in [2.75, 3.05) is 6.26 Å². The van der Waals surface area contributed by atoms with Crippen LogP contribution in [0.3, 0.4) is 0 Å². The number of nitriles is 1. The van der Waals surface area contributed by atoms with Crippen LogP contribution in [0.4, 0.5) is 0 Å². The molecule has 0 aliphatic carbocycles. The van der Waals surface area contributed by atoms with E-state index >= 15 is 0 Å². The molecule has 1 aromatic heterocycles. The summed E-state index contributed by atoms with van der Waals surface area (Å²) in [6, 6.07) is 18.5. The van der Waals surface area contributed by atoms with E-state index in [1.54, 1.807) is 11.8 Å². The number of aryl methyl sites for hydroxylation is 1. The number of aromatic nitrogens is 2. The Kier molecular flexibility index (Phi) is 4.50. The molecule has 0 spiro atoms. The van der Waals surface area contributed by atoms with Gasteiger partial charge in [-0.1, -0.05) is 24.3 Å². The Bertz CT molecular complexity index is 899. The highest BCUT2D eigenvalue weighted by atomic mass is 32.2. The predicted molar refractivity (Wildman–Crippen MR) is 97.1 cm³/mol. The number of nitrogens with zero attached hydrogens (tertiary/aromatic N) is 3. The van der Waals surface area contributed by atoms with Gasteiger partial charge in [0.1, 0.15) is 6.07 Å². The number of para-hydroxylation sites is 2. The molecular weight excluding hydrogens is 302 g/mol. The molecule has 4 heteroatoms. The van der Waals surface area contributed by atoms with E-state index in [4.69, 9.17) is 0 Å². The third-order valence-corrected chi connectivity index (χ3v) is 4.50. The van der Waals surface area contributed by atoms with Gasteiger partial charge in [0.05, 0.1) is 16.6 Å². The minimum Gasteiger partial charge on any atom is -0.324 e. The third kappa shape index (κ3) is 3.01. The molecule has 0 radical (unpaired) electrons. The van der Waals surface area contributed by atoms with Crippen molar-refractivity contribution in [3.8, 4) is 6.07 Å². The maximum absolute atomic E-state index is 9.61.